The number of nitrogens with zero attached hydrogens (tertiary/aromatic N) is 4. The van der Waals surface area contributed by atoms with Crippen molar-refractivity contribution >= 4 is 22.8 Å². The van der Waals surface area contributed by atoms with E-state index in [9.17, 15) is 9.59 Å². The Kier molecular flexibility index (Phi) is 7.70. The fourth-order valence-electron chi connectivity index (χ4n) is 2.59. The van der Waals surface area contributed by atoms with E-state index in [0.29, 0.717) is 0 Å². The zero-order valence-corrected chi connectivity index (χ0v) is 16.0. The van der Waals surface area contributed by atoms with Crippen molar-refractivity contribution in [1.82, 2.24) is 24.6 Å². The van der Waals surface area contributed by atoms with Crippen LogP contribution in [0, 0.1) is 0 Å². The maximum atomic E-state index is 9.64. The molecular formula is C19H25N5O4. The third kappa shape index (κ3) is 6.84. The summed E-state index contributed by atoms with van der Waals surface area (Å²) in [6, 6.07) is 6.52. The molecule has 3 N–H and O–H groups in total. The second kappa shape index (κ2) is 10.2. The Labute approximate surface area is 162 Å². The van der Waals surface area contributed by atoms with Gasteiger partial charge in [0.1, 0.15) is 12.7 Å². The van der Waals surface area contributed by atoms with Crippen molar-refractivity contribution < 1.29 is 19.8 Å². The molecule has 0 fully saturated rings. The van der Waals surface area contributed by atoms with Gasteiger partial charge in [-0.3, -0.25) is 9.59 Å². The van der Waals surface area contributed by atoms with Crippen LogP contribution >= 0.6 is 0 Å². The number of H-pyrrole nitrogens is 1. The number of benzene rings is 1. The second-order valence-corrected chi connectivity index (χ2v) is 6.63. The van der Waals surface area contributed by atoms with Gasteiger partial charge in [-0.25, -0.2) is 9.67 Å². The van der Waals surface area contributed by atoms with Crippen molar-refractivity contribution in [2.75, 3.05) is 20.6 Å². The van der Waals surface area contributed by atoms with Crippen molar-refractivity contribution in [3.63, 3.8) is 0 Å². The Morgan fingerprint density at radius 2 is 1.89 bits per heavy atom. The number of nitrogens with one attached hydrogen (secondary N) is 1. The number of aliphatic carboxylic acids is 2. The van der Waals surface area contributed by atoms with Crippen LogP contribution in [0.4, 0.5) is 0 Å². The van der Waals surface area contributed by atoms with Crippen LogP contribution in [0.15, 0.2) is 37.1 Å². The van der Waals surface area contributed by atoms with Gasteiger partial charge in [-0.1, -0.05) is 6.07 Å². The number of aromatic amines is 1. The highest BCUT2D eigenvalue weighted by molar-refractivity contribution is 5.84. The van der Waals surface area contributed by atoms with Crippen molar-refractivity contribution in [2.45, 2.75) is 25.8 Å². The Hall–Kier alpha value is -3.20. The first-order valence-electron chi connectivity index (χ1n) is 8.84. The molecule has 150 valence electrons. The molecule has 1 aromatic carbocycles. The van der Waals surface area contributed by atoms with Crippen LogP contribution in [0.3, 0.4) is 0 Å². The highest BCUT2D eigenvalue weighted by atomic mass is 16.4. The molecule has 0 saturated heterocycles. The largest absolute Gasteiger partial charge is 0.481 e. The van der Waals surface area contributed by atoms with Crippen LogP contribution in [0.5, 0.6) is 0 Å². The number of carboxylic acids is 2. The lowest BCUT2D eigenvalue weighted by molar-refractivity contribution is -0.143. The van der Waals surface area contributed by atoms with Crippen LogP contribution in [0.2, 0.25) is 0 Å². The zero-order valence-electron chi connectivity index (χ0n) is 16.0. The number of likely N-dealkylation sites (N-methyl/N-ethyl adjacent to an activating group) is 1. The normalized spacial score (nSPS) is 10.7. The fourth-order valence-corrected chi connectivity index (χ4v) is 2.59. The SMILES string of the molecule is CN(C)CCc1c[nH]c2ccc(Cn3cncn3)cc12.O=C(O)CCC(=O)O. The molecule has 9 heteroatoms. The van der Waals surface area contributed by atoms with E-state index in [1.165, 1.54) is 22.0 Å². The summed E-state index contributed by atoms with van der Waals surface area (Å²) in [5, 5.41) is 21.3. The summed E-state index contributed by atoms with van der Waals surface area (Å²) < 4.78 is 1.84. The Balaban J connectivity index is 0.000000300. The maximum absolute atomic E-state index is 9.64. The average molecular weight is 387 g/mol. The molecule has 0 spiro atoms. The second-order valence-electron chi connectivity index (χ2n) is 6.63. The highest BCUT2D eigenvalue weighted by Gasteiger charge is 2.06. The van der Waals surface area contributed by atoms with Crippen LogP contribution < -0.4 is 0 Å². The van der Waals surface area contributed by atoms with Crippen molar-refractivity contribution in [2.24, 2.45) is 0 Å². The molecule has 0 bridgehead atoms. The Morgan fingerprint density at radius 1 is 1.18 bits per heavy atom. The summed E-state index contributed by atoms with van der Waals surface area (Å²) in [5.74, 6) is -2.15. The number of rotatable bonds is 8. The number of carbonyl (C=O) groups is 2. The molecule has 0 saturated carbocycles. The molecule has 2 heterocycles. The number of aromatic nitrogens is 4. The summed E-state index contributed by atoms with van der Waals surface area (Å²) in [7, 11) is 4.20. The molecule has 0 radical (unpaired) electrons. The summed E-state index contributed by atoms with van der Waals surface area (Å²) >= 11 is 0. The van der Waals surface area contributed by atoms with E-state index in [0.717, 1.165) is 19.5 Å². The molecular weight excluding hydrogens is 362 g/mol. The number of fused-ring (bicyclic) bond motifs is 1. The van der Waals surface area contributed by atoms with Crippen LogP contribution in [0.1, 0.15) is 24.0 Å². The minimum atomic E-state index is -1.08. The van der Waals surface area contributed by atoms with Crippen molar-refractivity contribution in [3.05, 3.63) is 48.2 Å². The van der Waals surface area contributed by atoms with Gasteiger partial charge in [0.05, 0.1) is 19.4 Å². The van der Waals surface area contributed by atoms with Crippen molar-refractivity contribution in [1.29, 1.82) is 0 Å². The lowest BCUT2D eigenvalue weighted by atomic mass is 10.1. The van der Waals surface area contributed by atoms with Crippen LogP contribution in [-0.4, -0.2) is 67.4 Å². The molecule has 0 aliphatic carbocycles. The third-order valence-electron chi connectivity index (χ3n) is 4.02. The summed E-state index contributed by atoms with van der Waals surface area (Å²) in [6.45, 7) is 1.81. The first-order chi connectivity index (χ1) is 13.3. The van der Waals surface area contributed by atoms with Gasteiger partial charge in [0.15, 0.2) is 0 Å². The van der Waals surface area contributed by atoms with Gasteiger partial charge in [-0.15, -0.1) is 0 Å². The minimum Gasteiger partial charge on any atom is -0.481 e. The molecule has 2 aromatic heterocycles. The standard InChI is InChI=1S/C15H19N5.C4H6O4/c1-19(2)6-5-13-8-17-15-4-3-12(7-14(13)15)9-20-11-16-10-18-20;5-3(6)1-2-4(7)8/h3-4,7-8,10-11,17H,5-6,9H2,1-2H3;1-2H2,(H,5,6)(H,7,8). The van der Waals surface area contributed by atoms with Gasteiger partial charge in [0.2, 0.25) is 0 Å². The Bertz CT molecular complexity index is 888. The lowest BCUT2D eigenvalue weighted by Gasteiger charge is -2.08. The lowest BCUT2D eigenvalue weighted by Crippen LogP contribution is -2.14. The highest BCUT2D eigenvalue weighted by Crippen LogP contribution is 2.21. The minimum absolute atomic E-state index is 0.296. The predicted molar refractivity (Wildman–Crippen MR) is 104 cm³/mol. The quantitative estimate of drug-likeness (QED) is 0.539. The average Bonchev–Trinajstić information content (AvgIpc) is 3.28. The zero-order chi connectivity index (χ0) is 20.5. The summed E-state index contributed by atoms with van der Waals surface area (Å²) in [4.78, 5) is 28.8. The van der Waals surface area contributed by atoms with E-state index < -0.39 is 11.9 Å². The van der Waals surface area contributed by atoms with Crippen molar-refractivity contribution in [3.8, 4) is 0 Å². The van der Waals surface area contributed by atoms with Gasteiger partial charge < -0.3 is 20.1 Å². The predicted octanol–water partition coefficient (Wildman–Crippen LogP) is 1.85. The van der Waals surface area contributed by atoms with Gasteiger partial charge in [-0.2, -0.15) is 5.10 Å². The molecule has 0 aliphatic rings. The molecule has 0 amide bonds. The first-order valence-corrected chi connectivity index (χ1v) is 8.84. The van der Waals surface area contributed by atoms with Gasteiger partial charge >= 0.3 is 11.9 Å². The van der Waals surface area contributed by atoms with Crippen LogP contribution in [0.25, 0.3) is 10.9 Å². The molecule has 0 aliphatic heterocycles. The molecule has 9 nitrogen and oxygen atoms in total. The van der Waals surface area contributed by atoms with Crippen LogP contribution in [-0.2, 0) is 22.6 Å². The monoisotopic (exact) mass is 387 g/mol. The molecule has 28 heavy (non-hydrogen) atoms. The fraction of sp³-hybridized carbons (Fsp3) is 0.368. The van der Waals surface area contributed by atoms with E-state index >= 15 is 0 Å². The smallest absolute Gasteiger partial charge is 0.303 e. The van der Waals surface area contributed by atoms with Gasteiger partial charge in [0.25, 0.3) is 0 Å². The molecule has 0 unspecified atom stereocenters. The number of carboxylic acid groups (broad SMARTS) is 2. The van der Waals surface area contributed by atoms with E-state index in [1.807, 2.05) is 4.68 Å². The van der Waals surface area contributed by atoms with E-state index in [2.05, 4.69) is 58.5 Å². The first kappa shape index (κ1) is 21.1. The summed E-state index contributed by atoms with van der Waals surface area (Å²) in [6.07, 6.45) is 5.89. The van der Waals surface area contributed by atoms with Gasteiger partial charge in [-0.05, 0) is 43.8 Å². The molecule has 3 aromatic rings. The Morgan fingerprint density at radius 3 is 2.46 bits per heavy atom. The third-order valence-corrected chi connectivity index (χ3v) is 4.02. The number of hydrogen-bond donors (Lipinski definition) is 3. The summed E-state index contributed by atoms with van der Waals surface area (Å²) in [5.41, 5.74) is 3.81. The number of hydrogen-bond acceptors (Lipinski definition) is 5. The van der Waals surface area contributed by atoms with E-state index in [4.69, 9.17) is 10.2 Å². The maximum Gasteiger partial charge on any atom is 0.303 e. The molecule has 3 rings (SSSR count). The van der Waals surface area contributed by atoms with E-state index in [-0.39, 0.29) is 12.8 Å². The topological polar surface area (TPSA) is 124 Å². The van der Waals surface area contributed by atoms with Gasteiger partial charge in [0, 0.05) is 23.6 Å². The van der Waals surface area contributed by atoms with E-state index in [1.54, 1.807) is 12.7 Å². The molecule has 0 atom stereocenters.